The van der Waals surface area contributed by atoms with E-state index in [1.54, 1.807) is 121 Å². The van der Waals surface area contributed by atoms with Gasteiger partial charge in [0.05, 0.1) is 69.2 Å². The van der Waals surface area contributed by atoms with Crippen molar-refractivity contribution in [1.29, 1.82) is 0 Å². The van der Waals surface area contributed by atoms with Crippen molar-refractivity contribution in [2.45, 2.75) is 76.6 Å². The highest BCUT2D eigenvalue weighted by atomic mass is 79.9. The van der Waals surface area contributed by atoms with Gasteiger partial charge in [-0.15, -0.1) is 0 Å². The first-order valence-corrected chi connectivity index (χ1v) is 45.3. The van der Waals surface area contributed by atoms with Crippen molar-refractivity contribution in [3.8, 4) is 46.0 Å². The van der Waals surface area contributed by atoms with Gasteiger partial charge < -0.3 is 54.9 Å². The molecule has 12 aromatic carbocycles. The molecule has 4 N–H and O–H groups in total. The number of amides is 4. The summed E-state index contributed by atoms with van der Waals surface area (Å²) in [6.07, 6.45) is -16.2. The number of anilines is 3. The average Bonchev–Trinajstić information content (AvgIpc) is 0.806. The van der Waals surface area contributed by atoms with Crippen molar-refractivity contribution in [3.63, 3.8) is 0 Å². The third-order valence-electron chi connectivity index (χ3n) is 21.6. The van der Waals surface area contributed by atoms with Crippen molar-refractivity contribution in [2.75, 3.05) is 63.2 Å². The first-order chi connectivity index (χ1) is 67.0. The van der Waals surface area contributed by atoms with E-state index < -0.39 is 47.0 Å². The average molecular weight is 2020 g/mol. The lowest BCUT2D eigenvalue weighted by molar-refractivity contribution is -0.138. The van der Waals surface area contributed by atoms with Crippen LogP contribution >= 0.6 is 28.1 Å². The van der Waals surface area contributed by atoms with Gasteiger partial charge in [-0.25, -0.2) is 19.9 Å². The Labute approximate surface area is 816 Å². The topological polar surface area (TPSA) is 215 Å². The van der Waals surface area contributed by atoms with Gasteiger partial charge in [-0.2, -0.15) is 56.6 Å². The normalized spacial score (nSPS) is 12.2. The lowest BCUT2D eigenvalue weighted by atomic mass is 10.1. The van der Waals surface area contributed by atoms with E-state index in [-0.39, 0.29) is 82.9 Å². The van der Waals surface area contributed by atoms with Gasteiger partial charge >= 0.3 is 24.7 Å². The van der Waals surface area contributed by atoms with Crippen LogP contribution in [0.4, 0.5) is 74.0 Å². The van der Waals surface area contributed by atoms with E-state index in [0.29, 0.717) is 49.9 Å². The summed E-state index contributed by atoms with van der Waals surface area (Å²) in [6, 6.07) is 81.5. The van der Waals surface area contributed by atoms with Crippen LogP contribution in [0.25, 0.3) is 43.1 Å². The molecule has 19 nitrogen and oxygen atoms in total. The number of nitrogens with one attached hydrogen (secondary N) is 4. The standard InChI is InChI=1S/3C27H24F3N3O2.C25H18BrF3N2O2.CH3FS/c3*1-17(23-7-5-9-25(32-23)33(2)3)31-26(34)19-10-15-22-18(16-19)6-4-8-24(22)35-21-13-11-20(12-14-21)27(28,29)30;1-15(21-5-3-7-23(26)31-21)30-24(32)17-8-13-20-16(14-17)4-2-6-22(20)33-19-11-9-18(10-12-19)25(27,28)29;1-3-2/h3*4-17H,1-3H3,(H,31,34);2-15H,1H3,(H,30,32);1H3/t2*17-;;;/m10.../s1. The number of benzene rings is 12. The molecular formula is C107H93BrF13N11O8S. The van der Waals surface area contributed by atoms with Crippen molar-refractivity contribution in [1.82, 2.24) is 41.2 Å². The SMILES string of the molecule is CC(NC(=O)c1ccc2c(Oc3ccc(C(F)(F)F)cc3)cccc2c1)c1cccc(Br)n1.CC(NC(=O)c1ccc2c(Oc3ccc(C(F)(F)F)cc3)cccc2c1)c1cccc(N(C)C)n1.CSF.C[C@@H](NC(=O)c1ccc2c(Oc3ccc(C(F)(F)F)cc3)cccc2c1)c1cccc(N(C)C)n1.C[C@H](NC(=O)c1ccc2c(Oc3ccc(C(F)(F)F)cc3)cccc2c1)c1cccc(N(C)C)n1. The molecule has 4 heterocycles. The second-order valence-electron chi connectivity index (χ2n) is 32.5. The quantitative estimate of drug-likeness (QED) is 0.0346. The number of halogens is 14. The lowest BCUT2D eigenvalue weighted by Crippen LogP contribution is -2.27. The number of pyridine rings is 4. The molecule has 0 fully saturated rings. The van der Waals surface area contributed by atoms with Crippen molar-refractivity contribution in [3.05, 3.63) is 387 Å². The van der Waals surface area contributed by atoms with Crippen LogP contribution in [0, 0.1) is 0 Å². The molecule has 0 aliphatic rings. The number of carbonyl (C=O) groups excluding carboxylic acids is 4. The van der Waals surface area contributed by atoms with Crippen LogP contribution in [0.1, 0.15) is 138 Å². The number of alkyl halides is 12. The molecule has 141 heavy (non-hydrogen) atoms. The summed E-state index contributed by atoms with van der Waals surface area (Å²) in [5, 5.41) is 17.8. The van der Waals surface area contributed by atoms with E-state index in [0.717, 1.165) is 132 Å². The van der Waals surface area contributed by atoms with E-state index in [1.165, 1.54) is 54.8 Å². The van der Waals surface area contributed by atoms with Crippen LogP contribution in [-0.2, 0) is 24.7 Å². The van der Waals surface area contributed by atoms with Gasteiger partial charge in [-0.05, 0) is 308 Å². The van der Waals surface area contributed by atoms with Crippen LogP contribution in [0.2, 0.25) is 0 Å². The Bertz CT molecular complexity index is 6570. The summed E-state index contributed by atoms with van der Waals surface area (Å²) in [5.74, 6) is 4.47. The second kappa shape index (κ2) is 46.4. The van der Waals surface area contributed by atoms with Gasteiger partial charge in [0.1, 0.15) is 68.1 Å². The largest absolute Gasteiger partial charge is 0.457 e. The number of carbonyl (C=O) groups is 4. The number of nitrogens with zero attached hydrogens (tertiary/aromatic N) is 7. The third kappa shape index (κ3) is 28.5. The van der Waals surface area contributed by atoms with Crippen LogP contribution in [0.15, 0.2) is 320 Å². The molecule has 2 unspecified atom stereocenters. The lowest BCUT2D eigenvalue weighted by Gasteiger charge is -2.17. The predicted octanol–water partition coefficient (Wildman–Crippen LogP) is 28.3. The number of aromatic nitrogens is 4. The monoisotopic (exact) mass is 2020 g/mol. The first-order valence-electron chi connectivity index (χ1n) is 43.4. The van der Waals surface area contributed by atoms with Crippen molar-refractivity contribution < 1.29 is 94.7 Å². The molecular weight excluding hydrogens is 1930 g/mol. The van der Waals surface area contributed by atoms with Crippen LogP contribution in [0.3, 0.4) is 0 Å². The molecule has 4 atom stereocenters. The molecule has 16 aromatic rings. The number of fused-ring (bicyclic) bond motifs is 4. The molecule has 0 radical (unpaired) electrons. The van der Waals surface area contributed by atoms with Crippen LogP contribution < -0.4 is 54.9 Å². The summed E-state index contributed by atoms with van der Waals surface area (Å²) in [6.45, 7) is 7.47. The summed E-state index contributed by atoms with van der Waals surface area (Å²) in [4.78, 5) is 75.3. The van der Waals surface area contributed by atoms with Gasteiger partial charge in [0.25, 0.3) is 23.6 Å². The molecule has 4 amide bonds. The Morgan fingerprint density at radius 3 is 0.688 bits per heavy atom. The van der Waals surface area contributed by atoms with Gasteiger partial charge in [0.15, 0.2) is 0 Å². The summed E-state index contributed by atoms with van der Waals surface area (Å²) < 4.78 is 188. The van der Waals surface area contributed by atoms with Crippen molar-refractivity contribution >= 4 is 112 Å². The number of ether oxygens (including phenoxy) is 4. The fraction of sp³-hybridized carbons (Fsp3) is 0.178. The zero-order valence-corrected chi connectivity index (χ0v) is 79.8. The Hall–Kier alpha value is -15.3. The van der Waals surface area contributed by atoms with E-state index in [4.69, 9.17) is 18.9 Å². The molecule has 0 aliphatic carbocycles. The highest BCUT2D eigenvalue weighted by Gasteiger charge is 2.34. The maximum atomic E-state index is 12.9. The molecule has 0 bridgehead atoms. The molecule has 34 heteroatoms. The van der Waals surface area contributed by atoms with Crippen LogP contribution in [0.5, 0.6) is 46.0 Å². The molecule has 0 spiro atoms. The number of hydrogen-bond acceptors (Lipinski definition) is 16. The molecule has 4 aromatic heterocycles. The van der Waals surface area contributed by atoms with E-state index in [1.807, 2.05) is 182 Å². The van der Waals surface area contributed by atoms with Gasteiger partial charge in [0.2, 0.25) is 0 Å². The van der Waals surface area contributed by atoms with Gasteiger partial charge in [-0.3, -0.25) is 19.2 Å². The zero-order valence-electron chi connectivity index (χ0n) is 77.4. The molecule has 0 saturated carbocycles. The molecule has 728 valence electrons. The minimum atomic E-state index is -4.41. The Balaban J connectivity index is 0.000000166. The minimum Gasteiger partial charge on any atom is -0.457 e. The molecule has 16 rings (SSSR count). The minimum absolute atomic E-state index is 0.245. The number of rotatable bonds is 23. The summed E-state index contributed by atoms with van der Waals surface area (Å²) in [7, 11) is 11.4. The third-order valence-corrected chi connectivity index (χ3v) is 22.0. The van der Waals surface area contributed by atoms with E-state index in [9.17, 15) is 75.7 Å². The van der Waals surface area contributed by atoms with E-state index in [2.05, 4.69) is 57.1 Å². The Morgan fingerprint density at radius 1 is 0.291 bits per heavy atom. The zero-order chi connectivity index (χ0) is 102. The van der Waals surface area contributed by atoms with Crippen molar-refractivity contribution in [2.24, 2.45) is 0 Å². The highest BCUT2D eigenvalue weighted by molar-refractivity contribution is 9.10. The maximum absolute atomic E-state index is 12.9. The summed E-state index contributed by atoms with van der Waals surface area (Å²) >= 11 is 3.58. The van der Waals surface area contributed by atoms with Gasteiger partial charge in [-0.1, -0.05) is 72.8 Å². The van der Waals surface area contributed by atoms with Crippen LogP contribution in [-0.4, -0.2) is 92.1 Å². The summed E-state index contributed by atoms with van der Waals surface area (Å²) in [5.41, 5.74) is 1.90. The fourth-order valence-corrected chi connectivity index (χ4v) is 14.5. The number of hydrogen-bond donors (Lipinski definition) is 4. The van der Waals surface area contributed by atoms with E-state index >= 15 is 0 Å². The Kier molecular flexibility index (Phi) is 34.4. The Morgan fingerprint density at radius 2 is 0.489 bits per heavy atom. The first kappa shape index (κ1) is 105. The molecule has 0 saturated heterocycles. The highest BCUT2D eigenvalue weighted by Crippen LogP contribution is 2.41. The second-order valence-corrected chi connectivity index (χ2v) is 33.7. The maximum Gasteiger partial charge on any atom is 0.416 e. The molecule has 0 aliphatic heterocycles. The fourth-order valence-electron chi connectivity index (χ4n) is 14.2. The smallest absolute Gasteiger partial charge is 0.416 e. The predicted molar refractivity (Wildman–Crippen MR) is 528 cm³/mol. The van der Waals surface area contributed by atoms with Gasteiger partial charge in [0, 0.05) is 104 Å².